The van der Waals surface area contributed by atoms with Gasteiger partial charge in [0.2, 0.25) is 11.8 Å². The van der Waals surface area contributed by atoms with E-state index in [0.29, 0.717) is 44.2 Å². The zero-order chi connectivity index (χ0) is 36.4. The lowest BCUT2D eigenvalue weighted by Crippen LogP contribution is -2.49. The van der Waals surface area contributed by atoms with E-state index in [4.69, 9.17) is 16.2 Å². The summed E-state index contributed by atoms with van der Waals surface area (Å²) in [5, 5.41) is 9.91. The summed E-state index contributed by atoms with van der Waals surface area (Å²) in [4.78, 5) is 56.2. The molecular weight excluding hydrogens is 632 g/mol. The van der Waals surface area contributed by atoms with Crippen molar-refractivity contribution >= 4 is 29.3 Å². The van der Waals surface area contributed by atoms with Crippen LogP contribution in [0.4, 0.5) is 0 Å². The highest BCUT2D eigenvalue weighted by Gasteiger charge is 2.52. The average Bonchev–Trinajstić information content (AvgIpc) is 3.90. The molecule has 0 radical (unpaired) electrons. The van der Waals surface area contributed by atoms with Crippen LogP contribution in [0.2, 0.25) is 0 Å². The molecule has 3 rings (SSSR count). The van der Waals surface area contributed by atoms with Gasteiger partial charge in [0, 0.05) is 37.9 Å². The number of Topliss-reactive ketones (excluding diaryl/α,β-unsaturated/α-hetero) is 2. The zero-order valence-corrected chi connectivity index (χ0v) is 31.6. The van der Waals surface area contributed by atoms with Gasteiger partial charge in [0.25, 0.3) is 0 Å². The molecule has 0 spiro atoms. The van der Waals surface area contributed by atoms with Crippen LogP contribution < -0.4 is 27.4 Å². The first kappa shape index (κ1) is 41.9. The highest BCUT2D eigenvalue weighted by Crippen LogP contribution is 2.39. The summed E-state index contributed by atoms with van der Waals surface area (Å²) in [7, 11) is 0. The summed E-state index contributed by atoms with van der Waals surface area (Å²) in [6.07, 6.45) is 20.5. The lowest BCUT2D eigenvalue weighted by molar-refractivity contribution is -0.130. The molecule has 0 bridgehead atoms. The van der Waals surface area contributed by atoms with Gasteiger partial charge in [-0.25, -0.2) is 0 Å². The number of hydrogen-bond acceptors (Lipinski definition) is 7. The second-order valence-electron chi connectivity index (χ2n) is 15.8. The Labute approximate surface area is 302 Å². The summed E-state index contributed by atoms with van der Waals surface area (Å²) in [5.74, 6) is 0.591. The van der Waals surface area contributed by atoms with E-state index >= 15 is 0 Å². The minimum atomic E-state index is -0.649. The van der Waals surface area contributed by atoms with Gasteiger partial charge in [0.15, 0.2) is 11.7 Å². The number of ketones is 2. The molecule has 7 N–H and O–H groups in total. The molecule has 11 nitrogen and oxygen atoms in total. The molecule has 11 heteroatoms. The first-order chi connectivity index (χ1) is 24.0. The van der Waals surface area contributed by atoms with E-state index < -0.39 is 17.7 Å². The van der Waals surface area contributed by atoms with Crippen molar-refractivity contribution in [2.24, 2.45) is 40.1 Å². The molecule has 50 heavy (non-hydrogen) atoms. The molecule has 5 atom stereocenters. The largest absolute Gasteiger partial charge is 0.370 e. The number of hydrogen-bond donors (Lipinski definition) is 5. The van der Waals surface area contributed by atoms with E-state index in [1.165, 1.54) is 57.8 Å². The second kappa shape index (κ2) is 22.4. The molecule has 5 unspecified atom stereocenters. The number of unbranched alkanes of at least 4 members (excludes halogenated alkanes) is 1. The highest BCUT2D eigenvalue weighted by atomic mass is 16.6. The molecule has 0 aromatic rings. The van der Waals surface area contributed by atoms with Crippen molar-refractivity contribution in [1.29, 1.82) is 0 Å². The van der Waals surface area contributed by atoms with Gasteiger partial charge in [0.1, 0.15) is 11.5 Å². The third-order valence-electron chi connectivity index (χ3n) is 11.4. The van der Waals surface area contributed by atoms with Gasteiger partial charge in [-0.05, 0) is 64.2 Å². The molecule has 286 valence electrons. The fourth-order valence-corrected chi connectivity index (χ4v) is 8.25. The minimum absolute atomic E-state index is 0.00305. The van der Waals surface area contributed by atoms with E-state index in [-0.39, 0.29) is 54.3 Å². The summed E-state index contributed by atoms with van der Waals surface area (Å²) < 4.78 is 6.07. The van der Waals surface area contributed by atoms with Crippen LogP contribution in [-0.2, 0) is 23.9 Å². The number of nitrogens with one attached hydrogen (secondary N) is 3. The third kappa shape index (κ3) is 15.8. The Hall–Kier alpha value is -2.53. The van der Waals surface area contributed by atoms with Gasteiger partial charge in [-0.2, -0.15) is 0 Å². The van der Waals surface area contributed by atoms with Crippen LogP contribution >= 0.6 is 0 Å². The fraction of sp³-hybridized carbons (Fsp3) is 0.872. The van der Waals surface area contributed by atoms with Gasteiger partial charge in [-0.1, -0.05) is 90.4 Å². The maximum Gasteiger partial charge on any atom is 0.225 e. The van der Waals surface area contributed by atoms with Crippen molar-refractivity contribution in [1.82, 2.24) is 16.0 Å². The summed E-state index contributed by atoms with van der Waals surface area (Å²) >= 11 is 0. The number of carbonyl (C=O) groups excluding carboxylic acids is 4. The summed E-state index contributed by atoms with van der Waals surface area (Å²) in [5.41, 5.74) is 10.4. The average molecular weight is 703 g/mol. The lowest BCUT2D eigenvalue weighted by Gasteiger charge is -2.31. The predicted octanol–water partition coefficient (Wildman–Crippen LogP) is 5.43. The van der Waals surface area contributed by atoms with Gasteiger partial charge < -0.3 is 31.6 Å². The number of guanidine groups is 1. The van der Waals surface area contributed by atoms with Crippen LogP contribution in [0.5, 0.6) is 0 Å². The van der Waals surface area contributed by atoms with E-state index in [1.54, 1.807) is 13.8 Å². The molecule has 3 aliphatic rings. The Morgan fingerprint density at radius 1 is 0.860 bits per heavy atom. The smallest absolute Gasteiger partial charge is 0.225 e. The van der Waals surface area contributed by atoms with Crippen LogP contribution in [0.25, 0.3) is 0 Å². The highest BCUT2D eigenvalue weighted by molar-refractivity contribution is 5.88. The van der Waals surface area contributed by atoms with Crippen molar-refractivity contribution in [2.75, 3.05) is 19.7 Å². The molecule has 2 saturated carbocycles. The number of aliphatic imine (C=N–C) groups is 1. The van der Waals surface area contributed by atoms with Crippen LogP contribution in [0, 0.1) is 23.7 Å². The van der Waals surface area contributed by atoms with Gasteiger partial charge in [-0.15, -0.1) is 0 Å². The van der Waals surface area contributed by atoms with Crippen LogP contribution in [0.15, 0.2) is 4.99 Å². The fourth-order valence-electron chi connectivity index (χ4n) is 8.25. The Bertz CT molecular complexity index is 1080. The Morgan fingerprint density at radius 3 is 2.08 bits per heavy atom. The number of amides is 2. The monoisotopic (exact) mass is 703 g/mol. The van der Waals surface area contributed by atoms with Crippen LogP contribution in [0.3, 0.4) is 0 Å². The van der Waals surface area contributed by atoms with E-state index in [2.05, 4.69) is 27.9 Å². The Balaban J connectivity index is 1.64. The Morgan fingerprint density at radius 2 is 1.50 bits per heavy atom. The zero-order valence-electron chi connectivity index (χ0n) is 31.6. The normalized spacial score (nSPS) is 22.4. The van der Waals surface area contributed by atoms with Crippen LogP contribution in [0.1, 0.15) is 156 Å². The van der Waals surface area contributed by atoms with Crippen molar-refractivity contribution in [2.45, 2.75) is 173 Å². The maximum atomic E-state index is 13.6. The molecular formula is C39H70N6O5. The number of ether oxygens (including phenoxy) is 1. The van der Waals surface area contributed by atoms with Crippen molar-refractivity contribution in [3.63, 3.8) is 0 Å². The number of nitrogens with two attached hydrogens (primary N) is 2. The number of epoxide rings is 1. The summed E-state index contributed by atoms with van der Waals surface area (Å²) in [6.45, 7) is 6.50. The predicted molar refractivity (Wildman–Crippen MR) is 199 cm³/mol. The topological polar surface area (TPSA) is 181 Å². The maximum absolute atomic E-state index is 13.6. The molecule has 1 heterocycles. The van der Waals surface area contributed by atoms with Crippen molar-refractivity contribution < 1.29 is 23.9 Å². The molecule has 1 saturated heterocycles. The van der Waals surface area contributed by atoms with Crippen molar-refractivity contribution in [3.8, 4) is 0 Å². The van der Waals surface area contributed by atoms with E-state index in [9.17, 15) is 19.2 Å². The van der Waals surface area contributed by atoms with Gasteiger partial charge in [0.05, 0.1) is 18.6 Å². The first-order valence-electron chi connectivity index (χ1n) is 20.0. The molecule has 0 aromatic heterocycles. The number of carbonyl (C=O) groups is 4. The molecule has 2 amide bonds. The minimum Gasteiger partial charge on any atom is -0.370 e. The standard InChI is InChI=1S/C39H70N6O5/c1-4-5-18-32(37(49)44-35(29(3)47)24-31-16-9-6-7-10-17-31)26-43-36(48)25-34(21-20-30-14-11-8-12-15-30)45-39(27-50-39)33(23-28(2)46)19-13-22-42-38(40)41/h30-35,45H,4-27H2,1-3H3,(H,43,48)(H,44,49)(H4,40,41,42). The number of rotatable bonds is 24. The second-order valence-corrected chi connectivity index (χ2v) is 15.8. The molecule has 3 fully saturated rings. The molecule has 1 aliphatic heterocycles. The SMILES string of the molecule is CCCCC(CNC(=O)CC(CCC1CCCCC1)NC1(C(CCCN=C(N)N)CC(C)=O)CO1)C(=O)NC(CC1CCCCCC1)C(C)=O. The molecule has 0 aromatic carbocycles. The van der Waals surface area contributed by atoms with Crippen molar-refractivity contribution in [3.05, 3.63) is 0 Å². The van der Waals surface area contributed by atoms with E-state index in [0.717, 1.165) is 51.4 Å². The Kier molecular flexibility index (Phi) is 18.8. The van der Waals surface area contributed by atoms with Gasteiger partial charge >= 0.3 is 0 Å². The third-order valence-corrected chi connectivity index (χ3v) is 11.4. The quantitative estimate of drug-likeness (QED) is 0.0290. The van der Waals surface area contributed by atoms with Crippen LogP contribution in [-0.4, -0.2) is 66.8 Å². The summed E-state index contributed by atoms with van der Waals surface area (Å²) in [6, 6.07) is -0.605. The van der Waals surface area contributed by atoms with E-state index in [1.807, 2.05) is 0 Å². The van der Waals surface area contributed by atoms with Gasteiger partial charge in [-0.3, -0.25) is 24.7 Å². The lowest BCUT2D eigenvalue weighted by atomic mass is 9.84. The number of nitrogens with zero attached hydrogens (tertiary/aromatic N) is 1. The first-order valence-corrected chi connectivity index (χ1v) is 20.0. The molecule has 2 aliphatic carbocycles.